The number of nitrogens with one attached hydrogen (secondary N) is 1. The van der Waals surface area contributed by atoms with Crippen LogP contribution in [0.5, 0.6) is 0 Å². The zero-order valence-corrected chi connectivity index (χ0v) is 9.03. The first-order valence-electron chi connectivity index (χ1n) is 4.50. The fourth-order valence-electron chi connectivity index (χ4n) is 0.734. The van der Waals surface area contributed by atoms with E-state index in [1.54, 1.807) is 0 Å². The van der Waals surface area contributed by atoms with Crippen LogP contribution >= 0.6 is 0 Å². The number of rotatable bonds is 6. The molecular weight excluding hydrogens is 200 g/mol. The molecule has 0 aliphatic heterocycles. The third-order valence-corrected chi connectivity index (χ3v) is 2.24. The molecule has 0 radical (unpaired) electrons. The van der Waals surface area contributed by atoms with E-state index in [2.05, 4.69) is 17.0 Å². The van der Waals surface area contributed by atoms with Gasteiger partial charge in [-0.3, -0.25) is 9.79 Å². The molecule has 0 rings (SSSR count). The minimum absolute atomic E-state index is 0.519. The summed E-state index contributed by atoms with van der Waals surface area (Å²) in [5.74, 6) is -0.519. The van der Waals surface area contributed by atoms with E-state index in [4.69, 9.17) is 15.3 Å². The van der Waals surface area contributed by atoms with Gasteiger partial charge in [-0.05, 0) is 20.6 Å². The predicted octanol–water partition coefficient (Wildman–Crippen LogP) is -1.70. The Labute approximate surface area is 88.6 Å². The Kier molecular flexibility index (Phi) is 4.86. The van der Waals surface area contributed by atoms with Crippen LogP contribution in [0.2, 0.25) is 0 Å². The summed E-state index contributed by atoms with van der Waals surface area (Å²) in [6, 6.07) is 0. The fraction of sp³-hybridized carbons (Fsp3) is 0.778. The van der Waals surface area contributed by atoms with Gasteiger partial charge in [0.1, 0.15) is 11.1 Å². The maximum Gasteiger partial charge on any atom is 0.247 e. The van der Waals surface area contributed by atoms with Gasteiger partial charge in [0.25, 0.3) is 0 Å². The molecule has 4 N–H and O–H groups in total. The Morgan fingerprint density at radius 3 is 1.93 bits per heavy atom. The largest absolute Gasteiger partial charge is 0.394 e. The standard InChI is InChI=1S/C9H18N2O4/c1-8(2,10-3)7(15)11-9(4-12,5-13)6-14/h12-14H,3-6H2,1-2H3,(H,11,15). The highest BCUT2D eigenvalue weighted by atomic mass is 16.3. The number of aliphatic hydroxyl groups excluding tert-OH is 3. The van der Waals surface area contributed by atoms with Crippen molar-refractivity contribution in [2.75, 3.05) is 19.8 Å². The Balaban J connectivity index is 4.70. The second-order valence-corrected chi connectivity index (χ2v) is 3.93. The highest BCUT2D eigenvalue weighted by molar-refractivity contribution is 5.86. The smallest absolute Gasteiger partial charge is 0.247 e. The normalized spacial score (nSPS) is 12.3. The van der Waals surface area contributed by atoms with Gasteiger partial charge in [0.05, 0.1) is 19.8 Å². The molecule has 1 amide bonds. The van der Waals surface area contributed by atoms with Crippen molar-refractivity contribution in [1.82, 2.24) is 5.32 Å². The minimum atomic E-state index is -1.42. The topological polar surface area (TPSA) is 102 Å². The van der Waals surface area contributed by atoms with Crippen LogP contribution < -0.4 is 5.32 Å². The number of carbonyl (C=O) groups excluding carboxylic acids is 1. The first-order chi connectivity index (χ1) is 6.87. The molecule has 88 valence electrons. The molecule has 0 spiro atoms. The number of hydrogen-bond donors (Lipinski definition) is 4. The molecule has 0 saturated carbocycles. The van der Waals surface area contributed by atoms with E-state index in [1.807, 2.05) is 0 Å². The Morgan fingerprint density at radius 2 is 1.67 bits per heavy atom. The lowest BCUT2D eigenvalue weighted by molar-refractivity contribution is -0.129. The summed E-state index contributed by atoms with van der Waals surface area (Å²) >= 11 is 0. The van der Waals surface area contributed by atoms with Crippen molar-refractivity contribution in [2.24, 2.45) is 4.99 Å². The molecule has 6 heteroatoms. The van der Waals surface area contributed by atoms with Gasteiger partial charge in [-0.15, -0.1) is 0 Å². The van der Waals surface area contributed by atoms with Crippen molar-refractivity contribution in [3.8, 4) is 0 Å². The summed E-state index contributed by atoms with van der Waals surface area (Å²) in [7, 11) is 0. The molecule has 0 unspecified atom stereocenters. The summed E-state index contributed by atoms with van der Waals surface area (Å²) in [6.07, 6.45) is 0. The van der Waals surface area contributed by atoms with E-state index in [9.17, 15) is 4.79 Å². The predicted molar refractivity (Wildman–Crippen MR) is 55.8 cm³/mol. The van der Waals surface area contributed by atoms with Crippen LogP contribution in [0, 0.1) is 0 Å². The molecule has 6 nitrogen and oxygen atoms in total. The van der Waals surface area contributed by atoms with Gasteiger partial charge in [-0.1, -0.05) is 0 Å². The van der Waals surface area contributed by atoms with Gasteiger partial charge in [0.15, 0.2) is 0 Å². The number of aliphatic hydroxyl groups is 3. The van der Waals surface area contributed by atoms with E-state index in [-0.39, 0.29) is 0 Å². The molecule has 0 aromatic carbocycles. The Hall–Kier alpha value is -0.980. The first-order valence-corrected chi connectivity index (χ1v) is 4.50. The van der Waals surface area contributed by atoms with Crippen molar-refractivity contribution in [2.45, 2.75) is 24.9 Å². The lowest BCUT2D eigenvalue weighted by Gasteiger charge is -2.31. The van der Waals surface area contributed by atoms with E-state index in [0.29, 0.717) is 0 Å². The molecule has 0 fully saturated rings. The van der Waals surface area contributed by atoms with Crippen molar-refractivity contribution in [3.63, 3.8) is 0 Å². The van der Waals surface area contributed by atoms with Gasteiger partial charge in [-0.25, -0.2) is 0 Å². The third kappa shape index (κ3) is 3.26. The Morgan fingerprint density at radius 1 is 1.27 bits per heavy atom. The average Bonchev–Trinajstić information content (AvgIpc) is 2.25. The lowest BCUT2D eigenvalue weighted by Crippen LogP contribution is -2.60. The average molecular weight is 218 g/mol. The second-order valence-electron chi connectivity index (χ2n) is 3.93. The fourth-order valence-corrected chi connectivity index (χ4v) is 0.734. The molecule has 0 bridgehead atoms. The zero-order chi connectivity index (χ0) is 12.1. The number of nitrogens with zero attached hydrogens (tertiary/aromatic N) is 1. The van der Waals surface area contributed by atoms with Crippen LogP contribution in [-0.4, -0.2) is 58.8 Å². The summed E-state index contributed by atoms with van der Waals surface area (Å²) in [5.41, 5.74) is -2.48. The van der Waals surface area contributed by atoms with E-state index >= 15 is 0 Å². The van der Waals surface area contributed by atoms with Gasteiger partial charge >= 0.3 is 0 Å². The molecule has 0 saturated heterocycles. The number of aliphatic imine (C=N–C) groups is 1. The second kappa shape index (κ2) is 5.20. The van der Waals surface area contributed by atoms with Crippen LogP contribution in [0.1, 0.15) is 13.8 Å². The highest BCUT2D eigenvalue weighted by Crippen LogP contribution is 2.11. The van der Waals surface area contributed by atoms with Crippen LogP contribution in [-0.2, 0) is 4.79 Å². The van der Waals surface area contributed by atoms with E-state index in [0.717, 1.165) is 0 Å². The van der Waals surface area contributed by atoms with Crippen molar-refractivity contribution in [1.29, 1.82) is 0 Å². The number of hydrogen-bond acceptors (Lipinski definition) is 5. The summed E-state index contributed by atoms with van der Waals surface area (Å²) in [5, 5.41) is 29.3. The molecule has 0 heterocycles. The number of amides is 1. The van der Waals surface area contributed by atoms with Gasteiger partial charge in [0.2, 0.25) is 5.91 Å². The zero-order valence-electron chi connectivity index (χ0n) is 9.03. The molecule has 0 atom stereocenters. The van der Waals surface area contributed by atoms with Gasteiger partial charge in [-0.2, -0.15) is 0 Å². The minimum Gasteiger partial charge on any atom is -0.394 e. The maximum absolute atomic E-state index is 11.6. The van der Waals surface area contributed by atoms with Crippen molar-refractivity contribution in [3.05, 3.63) is 0 Å². The highest BCUT2D eigenvalue weighted by Gasteiger charge is 2.35. The van der Waals surface area contributed by atoms with Gasteiger partial charge in [0, 0.05) is 0 Å². The molecule has 0 aliphatic rings. The van der Waals surface area contributed by atoms with E-state index < -0.39 is 36.8 Å². The van der Waals surface area contributed by atoms with Crippen LogP contribution in [0.4, 0.5) is 0 Å². The van der Waals surface area contributed by atoms with E-state index in [1.165, 1.54) is 13.8 Å². The third-order valence-electron chi connectivity index (χ3n) is 2.24. The maximum atomic E-state index is 11.6. The van der Waals surface area contributed by atoms with Crippen LogP contribution in [0.3, 0.4) is 0 Å². The van der Waals surface area contributed by atoms with Crippen LogP contribution in [0.25, 0.3) is 0 Å². The first kappa shape index (κ1) is 14.0. The SMILES string of the molecule is C=NC(C)(C)C(=O)NC(CO)(CO)CO. The van der Waals surface area contributed by atoms with Crippen molar-refractivity contribution >= 4 is 12.6 Å². The molecule has 0 aromatic rings. The van der Waals surface area contributed by atoms with Crippen LogP contribution in [0.15, 0.2) is 4.99 Å². The monoisotopic (exact) mass is 218 g/mol. The Bertz CT molecular complexity index is 228. The van der Waals surface area contributed by atoms with Gasteiger partial charge < -0.3 is 20.6 Å². The number of carbonyl (C=O) groups is 1. The molecule has 0 aliphatic carbocycles. The summed E-state index contributed by atoms with van der Waals surface area (Å²) in [4.78, 5) is 15.2. The molecule has 0 aromatic heterocycles. The molecular formula is C9H18N2O4. The summed E-state index contributed by atoms with van der Waals surface area (Å²) < 4.78 is 0. The van der Waals surface area contributed by atoms with Crippen molar-refractivity contribution < 1.29 is 20.1 Å². The molecule has 15 heavy (non-hydrogen) atoms. The quantitative estimate of drug-likeness (QED) is 0.399. The lowest BCUT2D eigenvalue weighted by atomic mass is 9.99. The summed E-state index contributed by atoms with van der Waals surface area (Å²) in [6.45, 7) is 4.66.